The smallest absolute Gasteiger partial charge is 0.257 e. The van der Waals surface area contributed by atoms with Crippen molar-refractivity contribution >= 4 is 40.5 Å². The second-order valence-electron chi connectivity index (χ2n) is 3.52. The Morgan fingerprint density at radius 1 is 1.28 bits per heavy atom. The highest BCUT2D eigenvalue weighted by Gasteiger charge is 2.12. The van der Waals surface area contributed by atoms with Gasteiger partial charge >= 0.3 is 0 Å². The molecule has 0 bridgehead atoms. The van der Waals surface area contributed by atoms with Gasteiger partial charge in [0.1, 0.15) is 0 Å². The summed E-state index contributed by atoms with van der Waals surface area (Å²) < 4.78 is 0. The van der Waals surface area contributed by atoms with E-state index >= 15 is 0 Å². The van der Waals surface area contributed by atoms with E-state index in [0.29, 0.717) is 22.0 Å². The fourth-order valence-electron chi connectivity index (χ4n) is 1.40. The molecule has 1 heterocycles. The predicted molar refractivity (Wildman–Crippen MR) is 73.1 cm³/mol. The number of hydrogen-bond acceptors (Lipinski definition) is 3. The van der Waals surface area contributed by atoms with Crippen LogP contribution >= 0.6 is 23.2 Å². The van der Waals surface area contributed by atoms with E-state index in [4.69, 9.17) is 28.9 Å². The number of nitrogens with two attached hydrogens (primary N) is 1. The zero-order chi connectivity index (χ0) is 13.1. The van der Waals surface area contributed by atoms with Gasteiger partial charge in [0, 0.05) is 12.4 Å². The van der Waals surface area contributed by atoms with Crippen LogP contribution in [0.3, 0.4) is 0 Å². The summed E-state index contributed by atoms with van der Waals surface area (Å²) in [5, 5.41) is 3.22. The molecule has 0 fully saturated rings. The van der Waals surface area contributed by atoms with Crippen LogP contribution in [0.2, 0.25) is 10.0 Å². The number of aromatic nitrogens is 1. The summed E-state index contributed by atoms with van der Waals surface area (Å²) >= 11 is 11.9. The SMILES string of the molecule is Nc1cccc(NC(=O)c2ccncc2Cl)c1Cl. The summed E-state index contributed by atoms with van der Waals surface area (Å²) in [4.78, 5) is 15.8. The van der Waals surface area contributed by atoms with Crippen LogP contribution in [0.4, 0.5) is 11.4 Å². The Hall–Kier alpha value is -1.78. The van der Waals surface area contributed by atoms with Crippen molar-refractivity contribution < 1.29 is 4.79 Å². The molecule has 0 aliphatic carbocycles. The number of carbonyl (C=O) groups excluding carboxylic acids is 1. The van der Waals surface area contributed by atoms with Crippen molar-refractivity contribution in [3.63, 3.8) is 0 Å². The van der Waals surface area contributed by atoms with Gasteiger partial charge in [-0.15, -0.1) is 0 Å². The first-order chi connectivity index (χ1) is 8.59. The maximum Gasteiger partial charge on any atom is 0.257 e. The van der Waals surface area contributed by atoms with E-state index in [2.05, 4.69) is 10.3 Å². The van der Waals surface area contributed by atoms with Crippen LogP contribution in [0, 0.1) is 0 Å². The summed E-state index contributed by atoms with van der Waals surface area (Å²) in [6.45, 7) is 0. The van der Waals surface area contributed by atoms with Crippen LogP contribution in [0.25, 0.3) is 0 Å². The van der Waals surface area contributed by atoms with Crippen LogP contribution in [0.15, 0.2) is 36.7 Å². The fourth-order valence-corrected chi connectivity index (χ4v) is 1.77. The quantitative estimate of drug-likeness (QED) is 0.831. The molecular weight excluding hydrogens is 273 g/mol. The number of carbonyl (C=O) groups is 1. The zero-order valence-corrected chi connectivity index (χ0v) is 10.7. The van der Waals surface area contributed by atoms with Crippen LogP contribution in [-0.4, -0.2) is 10.9 Å². The van der Waals surface area contributed by atoms with Crippen LogP contribution in [0.1, 0.15) is 10.4 Å². The number of nitrogens with zero attached hydrogens (tertiary/aromatic N) is 1. The molecule has 3 N–H and O–H groups in total. The van der Waals surface area contributed by atoms with Crippen molar-refractivity contribution in [3.05, 3.63) is 52.3 Å². The van der Waals surface area contributed by atoms with Crippen molar-refractivity contribution in [2.75, 3.05) is 11.1 Å². The maximum atomic E-state index is 12.0. The van der Waals surface area contributed by atoms with Gasteiger partial charge in [-0.25, -0.2) is 0 Å². The van der Waals surface area contributed by atoms with Crippen molar-refractivity contribution in [1.29, 1.82) is 0 Å². The van der Waals surface area contributed by atoms with Crippen molar-refractivity contribution in [2.24, 2.45) is 0 Å². The number of halogens is 2. The van der Waals surface area contributed by atoms with E-state index in [9.17, 15) is 4.79 Å². The highest BCUT2D eigenvalue weighted by atomic mass is 35.5. The van der Waals surface area contributed by atoms with Crippen LogP contribution < -0.4 is 11.1 Å². The lowest BCUT2D eigenvalue weighted by atomic mass is 10.2. The lowest BCUT2D eigenvalue weighted by Crippen LogP contribution is -2.13. The first kappa shape index (κ1) is 12.7. The van der Waals surface area contributed by atoms with Gasteiger partial charge in [0.25, 0.3) is 5.91 Å². The Morgan fingerprint density at radius 3 is 2.78 bits per heavy atom. The molecule has 18 heavy (non-hydrogen) atoms. The average molecular weight is 282 g/mol. The first-order valence-corrected chi connectivity index (χ1v) is 5.80. The van der Waals surface area contributed by atoms with Crippen LogP contribution in [-0.2, 0) is 0 Å². The van der Waals surface area contributed by atoms with E-state index in [0.717, 1.165) is 0 Å². The van der Waals surface area contributed by atoms with Gasteiger partial charge in [0.2, 0.25) is 0 Å². The number of rotatable bonds is 2. The van der Waals surface area contributed by atoms with Gasteiger partial charge in [-0.05, 0) is 18.2 Å². The normalized spacial score (nSPS) is 10.1. The largest absolute Gasteiger partial charge is 0.397 e. The molecule has 1 aromatic heterocycles. The van der Waals surface area contributed by atoms with Gasteiger partial charge in [0.15, 0.2) is 0 Å². The highest BCUT2D eigenvalue weighted by Crippen LogP contribution is 2.28. The number of nitrogen functional groups attached to an aromatic ring is 1. The molecule has 0 radical (unpaired) electrons. The van der Waals surface area contributed by atoms with Crippen molar-refractivity contribution in [3.8, 4) is 0 Å². The number of benzene rings is 1. The third-order valence-corrected chi connectivity index (χ3v) is 3.02. The maximum absolute atomic E-state index is 12.0. The molecule has 0 saturated heterocycles. The minimum absolute atomic E-state index is 0.273. The number of anilines is 2. The molecular formula is C12H9Cl2N3O. The first-order valence-electron chi connectivity index (χ1n) is 5.04. The predicted octanol–water partition coefficient (Wildman–Crippen LogP) is 3.22. The number of amides is 1. The summed E-state index contributed by atoms with van der Waals surface area (Å²) in [5.41, 5.74) is 6.81. The molecule has 2 rings (SSSR count). The lowest BCUT2D eigenvalue weighted by Gasteiger charge is -2.09. The topological polar surface area (TPSA) is 68.0 Å². The van der Waals surface area contributed by atoms with E-state index in [1.54, 1.807) is 18.2 Å². The number of pyridine rings is 1. The van der Waals surface area contributed by atoms with Gasteiger partial charge in [-0.2, -0.15) is 0 Å². The van der Waals surface area contributed by atoms with Crippen molar-refractivity contribution in [2.45, 2.75) is 0 Å². The molecule has 4 nitrogen and oxygen atoms in total. The summed E-state index contributed by atoms with van der Waals surface area (Å²) in [7, 11) is 0. The van der Waals surface area contributed by atoms with E-state index < -0.39 is 0 Å². The van der Waals surface area contributed by atoms with Crippen molar-refractivity contribution in [1.82, 2.24) is 4.98 Å². The molecule has 0 aliphatic rings. The Balaban J connectivity index is 2.27. The molecule has 6 heteroatoms. The Labute approximate surface area is 114 Å². The fraction of sp³-hybridized carbons (Fsp3) is 0. The number of nitrogens with one attached hydrogen (secondary N) is 1. The summed E-state index contributed by atoms with van der Waals surface area (Å²) in [6, 6.07) is 6.53. The lowest BCUT2D eigenvalue weighted by molar-refractivity contribution is 0.102. The third-order valence-electron chi connectivity index (χ3n) is 2.29. The summed E-state index contributed by atoms with van der Waals surface area (Å²) in [6.07, 6.45) is 2.89. The Bertz CT molecular complexity index is 602. The second kappa shape index (κ2) is 5.25. The highest BCUT2D eigenvalue weighted by molar-refractivity contribution is 6.37. The zero-order valence-electron chi connectivity index (χ0n) is 9.15. The molecule has 0 spiro atoms. The molecule has 1 amide bonds. The molecule has 0 atom stereocenters. The van der Waals surface area contributed by atoms with Gasteiger partial charge in [-0.1, -0.05) is 29.3 Å². The standard InChI is InChI=1S/C12H9Cl2N3O/c13-8-6-16-5-4-7(8)12(18)17-10-3-1-2-9(15)11(10)14/h1-6H,15H2,(H,17,18). The number of hydrogen-bond donors (Lipinski definition) is 2. The molecule has 0 saturated carbocycles. The minimum Gasteiger partial charge on any atom is -0.397 e. The van der Waals surface area contributed by atoms with E-state index in [1.165, 1.54) is 18.5 Å². The second-order valence-corrected chi connectivity index (χ2v) is 4.30. The molecule has 1 aromatic carbocycles. The van der Waals surface area contributed by atoms with E-state index in [1.807, 2.05) is 0 Å². The van der Waals surface area contributed by atoms with Gasteiger partial charge < -0.3 is 11.1 Å². The molecule has 2 aromatic rings. The Kier molecular flexibility index (Phi) is 3.69. The molecule has 92 valence electrons. The van der Waals surface area contributed by atoms with E-state index in [-0.39, 0.29) is 10.9 Å². The average Bonchev–Trinajstić information content (AvgIpc) is 2.35. The molecule has 0 aliphatic heterocycles. The van der Waals surface area contributed by atoms with Crippen LogP contribution in [0.5, 0.6) is 0 Å². The minimum atomic E-state index is -0.366. The third kappa shape index (κ3) is 2.55. The monoisotopic (exact) mass is 281 g/mol. The Morgan fingerprint density at radius 2 is 2.06 bits per heavy atom. The van der Waals surface area contributed by atoms with Gasteiger partial charge in [-0.3, -0.25) is 9.78 Å². The molecule has 0 unspecified atom stereocenters. The summed E-state index contributed by atoms with van der Waals surface area (Å²) in [5.74, 6) is -0.366. The van der Waals surface area contributed by atoms with Gasteiger partial charge in [0.05, 0.1) is 27.0 Å².